The molecule has 144 valence electrons. The summed E-state index contributed by atoms with van der Waals surface area (Å²) in [4.78, 5) is 29.2. The molecule has 1 heterocycles. The molecule has 1 aromatic heterocycles. The first-order chi connectivity index (χ1) is 13.0. The molecule has 3 rings (SSSR count). The van der Waals surface area contributed by atoms with Gasteiger partial charge in [-0.2, -0.15) is 0 Å². The number of hydrogen-bond donors (Lipinski definition) is 1. The predicted octanol–water partition coefficient (Wildman–Crippen LogP) is 3.58. The van der Waals surface area contributed by atoms with E-state index in [1.165, 1.54) is 16.9 Å². The van der Waals surface area contributed by atoms with Crippen LogP contribution in [0, 0.1) is 13.8 Å². The first kappa shape index (κ1) is 19.6. The van der Waals surface area contributed by atoms with Crippen LogP contribution in [0.25, 0.3) is 0 Å². The number of fused-ring (bicyclic) bond motifs is 1. The Morgan fingerprint density at radius 3 is 2.81 bits per heavy atom. The lowest BCUT2D eigenvalue weighted by Crippen LogP contribution is -2.39. The van der Waals surface area contributed by atoms with Crippen LogP contribution in [0.3, 0.4) is 0 Å². The Hall–Kier alpha value is -2.18. The van der Waals surface area contributed by atoms with E-state index in [4.69, 9.17) is 4.74 Å². The van der Waals surface area contributed by atoms with Crippen molar-refractivity contribution in [3.63, 3.8) is 0 Å². The van der Waals surface area contributed by atoms with Gasteiger partial charge in [0.05, 0.1) is 11.5 Å². The molecule has 1 aromatic carbocycles. The van der Waals surface area contributed by atoms with Crippen molar-refractivity contribution in [2.24, 2.45) is 0 Å². The van der Waals surface area contributed by atoms with E-state index in [-0.39, 0.29) is 18.4 Å². The summed E-state index contributed by atoms with van der Waals surface area (Å²) in [6.45, 7) is 4.78. The van der Waals surface area contributed by atoms with Crippen molar-refractivity contribution < 1.29 is 14.3 Å². The Balaban J connectivity index is 1.70. The number of rotatable bonds is 7. The molecular formula is C21H26N2O3S. The average Bonchev–Trinajstić information content (AvgIpc) is 3.24. The minimum absolute atomic E-state index is 0.0120. The van der Waals surface area contributed by atoms with Gasteiger partial charge in [0.15, 0.2) is 0 Å². The normalized spacial score (nSPS) is 12.7. The number of methoxy groups -OCH3 is 1. The van der Waals surface area contributed by atoms with Gasteiger partial charge < -0.3 is 15.0 Å². The third-order valence-corrected chi connectivity index (χ3v) is 6.25. The molecule has 2 aromatic rings. The van der Waals surface area contributed by atoms with Gasteiger partial charge in [-0.05, 0) is 61.9 Å². The quantitative estimate of drug-likeness (QED) is 0.791. The highest BCUT2D eigenvalue weighted by atomic mass is 32.1. The summed E-state index contributed by atoms with van der Waals surface area (Å²) in [6, 6.07) is 7.80. The van der Waals surface area contributed by atoms with Crippen molar-refractivity contribution in [1.82, 2.24) is 4.90 Å². The predicted molar refractivity (Wildman–Crippen MR) is 109 cm³/mol. The van der Waals surface area contributed by atoms with Crippen molar-refractivity contribution in [1.29, 1.82) is 0 Å². The Kier molecular flexibility index (Phi) is 6.29. The Labute approximate surface area is 164 Å². The lowest BCUT2D eigenvalue weighted by molar-refractivity contribution is -0.117. The summed E-state index contributed by atoms with van der Waals surface area (Å²) in [5.41, 5.74) is 4.23. The number of aryl methyl sites for hydroxylation is 3. The minimum atomic E-state index is -0.197. The van der Waals surface area contributed by atoms with Crippen LogP contribution in [-0.4, -0.2) is 43.5 Å². The Morgan fingerprint density at radius 2 is 2.07 bits per heavy atom. The lowest BCUT2D eigenvalue weighted by Gasteiger charge is -2.21. The summed E-state index contributed by atoms with van der Waals surface area (Å²) in [7, 11) is 1.60. The fourth-order valence-corrected chi connectivity index (χ4v) is 4.52. The van der Waals surface area contributed by atoms with Crippen LogP contribution < -0.4 is 5.32 Å². The zero-order chi connectivity index (χ0) is 19.4. The number of ether oxygens (including phenoxy) is 1. The number of carbonyl (C=O) groups is 2. The number of anilines is 1. The number of thiophene rings is 1. The first-order valence-electron chi connectivity index (χ1n) is 9.25. The first-order valence-corrected chi connectivity index (χ1v) is 10.1. The second-order valence-corrected chi connectivity index (χ2v) is 8.06. The molecule has 6 heteroatoms. The van der Waals surface area contributed by atoms with Gasteiger partial charge in [-0.15, -0.1) is 11.3 Å². The number of nitrogens with zero attached hydrogens (tertiary/aromatic N) is 1. The van der Waals surface area contributed by atoms with E-state index in [9.17, 15) is 9.59 Å². The molecule has 0 spiro atoms. The molecule has 1 aliphatic rings. The van der Waals surface area contributed by atoms with Gasteiger partial charge in [0.2, 0.25) is 5.91 Å². The molecule has 1 aliphatic carbocycles. The number of nitrogens with one attached hydrogen (secondary N) is 1. The van der Waals surface area contributed by atoms with E-state index < -0.39 is 0 Å². The summed E-state index contributed by atoms with van der Waals surface area (Å²) in [6.07, 6.45) is 3.27. The molecule has 0 aliphatic heterocycles. The van der Waals surface area contributed by atoms with Gasteiger partial charge in [-0.3, -0.25) is 9.59 Å². The van der Waals surface area contributed by atoms with Crippen LogP contribution in [0.1, 0.15) is 37.7 Å². The Morgan fingerprint density at radius 1 is 1.26 bits per heavy atom. The van der Waals surface area contributed by atoms with E-state index >= 15 is 0 Å². The number of carbonyl (C=O) groups excluding carboxylic acids is 2. The fraction of sp³-hybridized carbons (Fsp3) is 0.429. The smallest absolute Gasteiger partial charge is 0.264 e. The highest BCUT2D eigenvalue weighted by molar-refractivity contribution is 7.14. The van der Waals surface area contributed by atoms with Crippen LogP contribution in [0.2, 0.25) is 0 Å². The number of amides is 2. The van der Waals surface area contributed by atoms with Gasteiger partial charge in [-0.1, -0.05) is 12.1 Å². The summed E-state index contributed by atoms with van der Waals surface area (Å²) >= 11 is 1.56. The monoisotopic (exact) mass is 386 g/mol. The van der Waals surface area contributed by atoms with E-state index in [1.54, 1.807) is 23.3 Å². The SMILES string of the molecule is COCCN(CC(=O)Nc1cccc(C)c1C)C(=O)c1cc2c(s1)CCC2. The second-order valence-electron chi connectivity index (χ2n) is 6.93. The third kappa shape index (κ3) is 4.57. The number of benzene rings is 1. The van der Waals surface area contributed by atoms with Crippen LogP contribution in [0.15, 0.2) is 24.3 Å². The Bertz CT molecular complexity index is 822. The zero-order valence-electron chi connectivity index (χ0n) is 16.1. The molecule has 0 saturated heterocycles. The van der Waals surface area contributed by atoms with Crippen molar-refractivity contribution >= 4 is 28.8 Å². The maximum atomic E-state index is 13.0. The molecule has 0 atom stereocenters. The van der Waals surface area contributed by atoms with Crippen molar-refractivity contribution in [2.45, 2.75) is 33.1 Å². The van der Waals surface area contributed by atoms with Crippen LogP contribution in [0.4, 0.5) is 5.69 Å². The maximum absolute atomic E-state index is 13.0. The van der Waals surface area contributed by atoms with Crippen LogP contribution >= 0.6 is 11.3 Å². The topological polar surface area (TPSA) is 58.6 Å². The standard InChI is InChI=1S/C21H26N2O3S/c1-14-6-4-8-17(15(14)2)22-20(24)13-23(10-11-26-3)21(25)19-12-16-7-5-9-18(16)27-19/h4,6,8,12H,5,7,9-11,13H2,1-3H3,(H,22,24). The third-order valence-electron chi connectivity index (χ3n) is 5.02. The fourth-order valence-electron chi connectivity index (χ4n) is 3.29. The van der Waals surface area contributed by atoms with E-state index in [0.717, 1.165) is 34.5 Å². The van der Waals surface area contributed by atoms with E-state index in [0.29, 0.717) is 13.2 Å². The molecule has 27 heavy (non-hydrogen) atoms. The maximum Gasteiger partial charge on any atom is 0.264 e. The van der Waals surface area contributed by atoms with Gasteiger partial charge in [-0.25, -0.2) is 0 Å². The molecule has 0 bridgehead atoms. The zero-order valence-corrected chi connectivity index (χ0v) is 16.9. The van der Waals surface area contributed by atoms with Crippen molar-refractivity contribution in [3.05, 3.63) is 50.7 Å². The summed E-state index contributed by atoms with van der Waals surface area (Å²) in [5, 5.41) is 2.93. The van der Waals surface area contributed by atoms with Crippen LogP contribution in [0.5, 0.6) is 0 Å². The highest BCUT2D eigenvalue weighted by Gasteiger charge is 2.24. The molecule has 1 N–H and O–H groups in total. The molecular weight excluding hydrogens is 360 g/mol. The lowest BCUT2D eigenvalue weighted by atomic mass is 10.1. The van der Waals surface area contributed by atoms with Crippen molar-refractivity contribution in [3.8, 4) is 0 Å². The summed E-state index contributed by atoms with van der Waals surface area (Å²) < 4.78 is 5.13. The van der Waals surface area contributed by atoms with Crippen molar-refractivity contribution in [2.75, 3.05) is 32.1 Å². The molecule has 0 unspecified atom stereocenters. The molecule has 2 amide bonds. The summed E-state index contributed by atoms with van der Waals surface area (Å²) in [5.74, 6) is -0.292. The molecule has 5 nitrogen and oxygen atoms in total. The van der Waals surface area contributed by atoms with Gasteiger partial charge in [0, 0.05) is 24.2 Å². The van der Waals surface area contributed by atoms with Gasteiger partial charge in [0.1, 0.15) is 6.54 Å². The second kappa shape index (κ2) is 8.67. The minimum Gasteiger partial charge on any atom is -0.383 e. The average molecular weight is 387 g/mol. The van der Waals surface area contributed by atoms with Gasteiger partial charge >= 0.3 is 0 Å². The highest BCUT2D eigenvalue weighted by Crippen LogP contribution is 2.31. The van der Waals surface area contributed by atoms with E-state index in [2.05, 4.69) is 5.32 Å². The largest absolute Gasteiger partial charge is 0.383 e. The number of hydrogen-bond acceptors (Lipinski definition) is 4. The van der Waals surface area contributed by atoms with Crippen LogP contribution in [-0.2, 0) is 22.4 Å². The van der Waals surface area contributed by atoms with E-state index in [1.807, 2.05) is 38.1 Å². The molecule has 0 radical (unpaired) electrons. The van der Waals surface area contributed by atoms with Gasteiger partial charge in [0.25, 0.3) is 5.91 Å². The molecule has 0 fully saturated rings. The molecule has 0 saturated carbocycles.